The molecule has 0 aliphatic heterocycles. The Hall–Kier alpha value is -1.73. The molecule has 2 heterocycles. The molecule has 0 radical (unpaired) electrons. The minimum atomic E-state index is 0.161. The number of rotatable bonds is 6. The van der Waals surface area contributed by atoms with Gasteiger partial charge in [-0.3, -0.25) is 4.57 Å². The number of nitrogens with one attached hydrogen (secondary N) is 1. The van der Waals surface area contributed by atoms with Crippen LogP contribution in [0.2, 0.25) is 5.28 Å². The van der Waals surface area contributed by atoms with E-state index in [-0.39, 0.29) is 5.28 Å². The summed E-state index contributed by atoms with van der Waals surface area (Å²) in [6.07, 6.45) is 6.02. The van der Waals surface area contributed by atoms with Gasteiger partial charge in [0.15, 0.2) is 0 Å². The summed E-state index contributed by atoms with van der Waals surface area (Å²) in [5.41, 5.74) is 0. The Morgan fingerprint density at radius 2 is 2.16 bits per heavy atom. The van der Waals surface area contributed by atoms with Crippen molar-refractivity contribution in [1.82, 2.24) is 29.4 Å². The first-order valence-electron chi connectivity index (χ1n) is 5.93. The molecule has 2 aromatic heterocycles. The quantitative estimate of drug-likeness (QED) is 0.799. The van der Waals surface area contributed by atoms with Gasteiger partial charge in [0.1, 0.15) is 6.33 Å². The van der Waals surface area contributed by atoms with Crippen molar-refractivity contribution in [2.24, 2.45) is 0 Å². The van der Waals surface area contributed by atoms with Crippen LogP contribution in [0.1, 0.15) is 6.42 Å². The van der Waals surface area contributed by atoms with Crippen molar-refractivity contribution in [3.63, 3.8) is 0 Å². The third-order valence-electron chi connectivity index (χ3n) is 2.40. The lowest BCUT2D eigenvalue weighted by atomic mass is 10.4. The van der Waals surface area contributed by atoms with Crippen molar-refractivity contribution in [1.29, 1.82) is 0 Å². The van der Waals surface area contributed by atoms with Gasteiger partial charge in [0.25, 0.3) is 0 Å². The molecule has 7 nitrogen and oxygen atoms in total. The van der Waals surface area contributed by atoms with E-state index in [1.807, 2.05) is 14.1 Å². The molecule has 0 aromatic carbocycles. The predicted molar refractivity (Wildman–Crippen MR) is 73.6 cm³/mol. The summed E-state index contributed by atoms with van der Waals surface area (Å²) in [7, 11) is 4.08. The SMILES string of the molecule is CN(C)CCCNc1nc(Cl)nc(-n2ccnc2)n1. The van der Waals surface area contributed by atoms with Gasteiger partial charge in [-0.15, -0.1) is 0 Å². The van der Waals surface area contributed by atoms with E-state index in [1.165, 1.54) is 0 Å². The molecule has 0 fully saturated rings. The van der Waals surface area contributed by atoms with E-state index in [1.54, 1.807) is 23.3 Å². The Kier molecular flexibility index (Phi) is 4.64. The van der Waals surface area contributed by atoms with Crippen LogP contribution in [0, 0.1) is 0 Å². The average molecular weight is 282 g/mol. The lowest BCUT2D eigenvalue weighted by Crippen LogP contribution is -2.17. The monoisotopic (exact) mass is 281 g/mol. The Bertz CT molecular complexity index is 512. The van der Waals surface area contributed by atoms with E-state index < -0.39 is 0 Å². The number of aromatic nitrogens is 5. The fourth-order valence-electron chi connectivity index (χ4n) is 1.51. The maximum Gasteiger partial charge on any atom is 0.241 e. The first kappa shape index (κ1) is 13.7. The van der Waals surface area contributed by atoms with Gasteiger partial charge in [-0.2, -0.15) is 15.0 Å². The lowest BCUT2D eigenvalue weighted by Gasteiger charge is -2.10. The molecule has 1 N–H and O–H groups in total. The van der Waals surface area contributed by atoms with Crippen molar-refractivity contribution in [3.8, 4) is 5.95 Å². The van der Waals surface area contributed by atoms with Crippen molar-refractivity contribution < 1.29 is 0 Å². The van der Waals surface area contributed by atoms with E-state index in [4.69, 9.17) is 11.6 Å². The molecular formula is C11H16ClN7. The molecule has 0 aliphatic carbocycles. The first-order valence-corrected chi connectivity index (χ1v) is 6.31. The van der Waals surface area contributed by atoms with Gasteiger partial charge in [0.2, 0.25) is 17.2 Å². The van der Waals surface area contributed by atoms with Crippen molar-refractivity contribution in [2.75, 3.05) is 32.5 Å². The first-order chi connectivity index (χ1) is 9.15. The molecule has 0 spiro atoms. The van der Waals surface area contributed by atoms with Crippen LogP contribution in [0.4, 0.5) is 5.95 Å². The number of imidazole rings is 1. The second kappa shape index (κ2) is 6.44. The third-order valence-corrected chi connectivity index (χ3v) is 2.57. The van der Waals surface area contributed by atoms with Crippen molar-refractivity contribution in [3.05, 3.63) is 24.0 Å². The summed E-state index contributed by atoms with van der Waals surface area (Å²) in [6.45, 7) is 1.78. The van der Waals surface area contributed by atoms with Crippen LogP contribution in [-0.4, -0.2) is 56.6 Å². The van der Waals surface area contributed by atoms with Gasteiger partial charge in [-0.05, 0) is 38.7 Å². The number of halogens is 1. The van der Waals surface area contributed by atoms with Gasteiger partial charge in [-0.25, -0.2) is 4.98 Å². The molecule has 0 saturated carbocycles. The summed E-state index contributed by atoms with van der Waals surface area (Å²) >= 11 is 5.89. The van der Waals surface area contributed by atoms with E-state index in [0.717, 1.165) is 19.5 Å². The Balaban J connectivity index is 2.01. The molecule has 0 saturated heterocycles. The topological polar surface area (TPSA) is 71.8 Å². The highest BCUT2D eigenvalue weighted by Gasteiger charge is 2.06. The van der Waals surface area contributed by atoms with Gasteiger partial charge >= 0.3 is 0 Å². The van der Waals surface area contributed by atoms with Crippen LogP contribution < -0.4 is 5.32 Å². The minimum Gasteiger partial charge on any atom is -0.354 e. The van der Waals surface area contributed by atoms with Crippen molar-refractivity contribution in [2.45, 2.75) is 6.42 Å². The number of hydrogen-bond acceptors (Lipinski definition) is 6. The molecule has 19 heavy (non-hydrogen) atoms. The highest BCUT2D eigenvalue weighted by atomic mass is 35.5. The normalized spacial score (nSPS) is 10.9. The molecule has 8 heteroatoms. The molecule has 0 amide bonds. The highest BCUT2D eigenvalue weighted by molar-refractivity contribution is 6.28. The predicted octanol–water partition coefficient (Wildman–Crippen LogP) is 1.07. The summed E-state index contributed by atoms with van der Waals surface area (Å²) in [6, 6.07) is 0. The van der Waals surface area contributed by atoms with Crippen LogP contribution in [0.5, 0.6) is 0 Å². The molecule has 2 rings (SSSR count). The van der Waals surface area contributed by atoms with Crippen molar-refractivity contribution >= 4 is 17.5 Å². The van der Waals surface area contributed by atoms with Gasteiger partial charge in [0, 0.05) is 18.9 Å². The Labute approximate surface area is 116 Å². The number of hydrogen-bond donors (Lipinski definition) is 1. The third kappa shape index (κ3) is 4.15. The second-order valence-electron chi connectivity index (χ2n) is 4.28. The van der Waals surface area contributed by atoms with Crippen LogP contribution in [0.25, 0.3) is 5.95 Å². The standard InChI is InChI=1S/C11H16ClN7/c1-18(2)6-3-4-14-10-15-9(12)16-11(17-10)19-7-5-13-8-19/h5,7-8H,3-4,6H2,1-2H3,(H,14,15,16,17). The van der Waals surface area contributed by atoms with Crippen LogP contribution in [-0.2, 0) is 0 Å². The fraction of sp³-hybridized carbons (Fsp3) is 0.455. The largest absolute Gasteiger partial charge is 0.354 e. The molecular weight excluding hydrogens is 266 g/mol. The zero-order valence-electron chi connectivity index (χ0n) is 10.9. The molecule has 0 atom stereocenters. The lowest BCUT2D eigenvalue weighted by molar-refractivity contribution is 0.405. The van der Waals surface area contributed by atoms with Gasteiger partial charge in [-0.1, -0.05) is 0 Å². The molecule has 102 valence electrons. The summed E-state index contributed by atoms with van der Waals surface area (Å²) in [5.74, 6) is 0.926. The summed E-state index contributed by atoms with van der Waals surface area (Å²) < 4.78 is 1.68. The van der Waals surface area contributed by atoms with E-state index in [9.17, 15) is 0 Å². The average Bonchev–Trinajstić information content (AvgIpc) is 2.87. The minimum absolute atomic E-state index is 0.161. The Morgan fingerprint density at radius 3 is 2.84 bits per heavy atom. The van der Waals surface area contributed by atoms with Crippen LogP contribution in [0.3, 0.4) is 0 Å². The van der Waals surface area contributed by atoms with Crippen LogP contribution >= 0.6 is 11.6 Å². The molecule has 0 unspecified atom stereocenters. The maximum absolute atomic E-state index is 5.89. The number of nitrogens with zero attached hydrogens (tertiary/aromatic N) is 6. The van der Waals surface area contributed by atoms with E-state index in [2.05, 4.69) is 30.2 Å². The summed E-state index contributed by atoms with van der Waals surface area (Å²) in [5, 5.41) is 3.30. The number of anilines is 1. The van der Waals surface area contributed by atoms with Gasteiger partial charge < -0.3 is 10.2 Å². The maximum atomic E-state index is 5.89. The summed E-state index contributed by atoms with van der Waals surface area (Å²) in [4.78, 5) is 18.5. The zero-order valence-corrected chi connectivity index (χ0v) is 11.7. The second-order valence-corrected chi connectivity index (χ2v) is 4.62. The smallest absolute Gasteiger partial charge is 0.241 e. The van der Waals surface area contributed by atoms with E-state index >= 15 is 0 Å². The van der Waals surface area contributed by atoms with Crippen LogP contribution in [0.15, 0.2) is 18.7 Å². The molecule has 2 aromatic rings. The Morgan fingerprint density at radius 1 is 1.32 bits per heavy atom. The van der Waals surface area contributed by atoms with Gasteiger partial charge in [0.05, 0.1) is 0 Å². The van der Waals surface area contributed by atoms with E-state index in [0.29, 0.717) is 11.9 Å². The fourth-order valence-corrected chi connectivity index (χ4v) is 1.66. The zero-order chi connectivity index (χ0) is 13.7. The highest BCUT2D eigenvalue weighted by Crippen LogP contribution is 2.09. The molecule has 0 aliphatic rings. The molecule has 0 bridgehead atoms.